The number of para-hydroxylation sites is 1. The van der Waals surface area contributed by atoms with Gasteiger partial charge in [-0.3, -0.25) is 14.2 Å². The Hall–Kier alpha value is -2.88. The highest BCUT2D eigenvalue weighted by atomic mass is 16.2. The first-order valence-corrected chi connectivity index (χ1v) is 7.01. The third kappa shape index (κ3) is 2.29. The van der Waals surface area contributed by atoms with Gasteiger partial charge >= 0.3 is 0 Å². The van der Waals surface area contributed by atoms with E-state index >= 15 is 0 Å². The zero-order chi connectivity index (χ0) is 15.7. The fourth-order valence-corrected chi connectivity index (χ4v) is 2.47. The Labute approximate surface area is 128 Å². The van der Waals surface area contributed by atoms with Gasteiger partial charge in [-0.15, -0.1) is 0 Å². The standard InChI is InChI=1S/C18H16N2O2/c1-19(2)18(22)16-12-14-10-6-7-11-15(14)20(16)17(21)13-8-4-3-5-9-13/h3-12H,1-2H3. The number of nitrogens with zero attached hydrogens (tertiary/aromatic N) is 2. The molecule has 4 heteroatoms. The monoisotopic (exact) mass is 292 g/mol. The van der Waals surface area contributed by atoms with Crippen molar-refractivity contribution >= 4 is 22.7 Å². The molecule has 0 aliphatic heterocycles. The molecule has 0 saturated carbocycles. The zero-order valence-electron chi connectivity index (χ0n) is 12.5. The summed E-state index contributed by atoms with van der Waals surface area (Å²) in [5.41, 5.74) is 1.67. The summed E-state index contributed by atoms with van der Waals surface area (Å²) in [6, 6.07) is 18.2. The van der Waals surface area contributed by atoms with Crippen molar-refractivity contribution in [2.24, 2.45) is 0 Å². The van der Waals surface area contributed by atoms with Gasteiger partial charge in [0.05, 0.1) is 5.52 Å². The molecule has 110 valence electrons. The van der Waals surface area contributed by atoms with Crippen LogP contribution in [0.5, 0.6) is 0 Å². The lowest BCUT2D eigenvalue weighted by molar-refractivity contribution is 0.0803. The van der Waals surface area contributed by atoms with Crippen LogP contribution in [0.25, 0.3) is 10.9 Å². The molecule has 2 aromatic carbocycles. The Bertz CT molecular complexity index is 848. The Morgan fingerprint density at radius 1 is 0.909 bits per heavy atom. The SMILES string of the molecule is CN(C)C(=O)c1cc2ccccc2n1C(=O)c1ccccc1. The van der Waals surface area contributed by atoms with E-state index in [0.29, 0.717) is 11.3 Å². The molecule has 0 fully saturated rings. The highest BCUT2D eigenvalue weighted by Gasteiger charge is 2.22. The minimum absolute atomic E-state index is 0.194. The maximum Gasteiger partial charge on any atom is 0.270 e. The van der Waals surface area contributed by atoms with Crippen LogP contribution in [0.2, 0.25) is 0 Å². The molecule has 0 saturated heterocycles. The quantitative estimate of drug-likeness (QED) is 0.728. The molecule has 0 atom stereocenters. The van der Waals surface area contributed by atoms with Gasteiger partial charge < -0.3 is 4.90 Å². The molecular formula is C18H16N2O2. The number of aromatic nitrogens is 1. The lowest BCUT2D eigenvalue weighted by Crippen LogP contribution is -2.27. The lowest BCUT2D eigenvalue weighted by Gasteiger charge is -2.13. The van der Waals surface area contributed by atoms with Crippen LogP contribution in [0.4, 0.5) is 0 Å². The Balaban J connectivity index is 2.24. The Kier molecular flexibility index (Phi) is 3.51. The van der Waals surface area contributed by atoms with E-state index in [9.17, 15) is 9.59 Å². The van der Waals surface area contributed by atoms with Gasteiger partial charge in [-0.1, -0.05) is 36.4 Å². The first-order valence-electron chi connectivity index (χ1n) is 7.01. The number of amides is 1. The summed E-state index contributed by atoms with van der Waals surface area (Å²) >= 11 is 0. The van der Waals surface area contributed by atoms with Gasteiger partial charge in [-0.25, -0.2) is 0 Å². The molecule has 0 aliphatic carbocycles. The van der Waals surface area contributed by atoms with Crippen molar-refractivity contribution in [3.05, 3.63) is 71.9 Å². The molecule has 0 unspecified atom stereocenters. The fraction of sp³-hybridized carbons (Fsp3) is 0.111. The molecule has 3 aromatic rings. The third-order valence-corrected chi connectivity index (χ3v) is 3.56. The lowest BCUT2D eigenvalue weighted by atomic mass is 10.2. The first kappa shape index (κ1) is 14.1. The number of carbonyl (C=O) groups is 2. The van der Waals surface area contributed by atoms with Crippen LogP contribution < -0.4 is 0 Å². The van der Waals surface area contributed by atoms with E-state index in [2.05, 4.69) is 0 Å². The van der Waals surface area contributed by atoms with E-state index in [1.807, 2.05) is 42.5 Å². The van der Waals surface area contributed by atoms with Crippen LogP contribution in [0, 0.1) is 0 Å². The average Bonchev–Trinajstić information content (AvgIpc) is 2.93. The molecule has 4 nitrogen and oxygen atoms in total. The van der Waals surface area contributed by atoms with Crippen LogP contribution in [0.3, 0.4) is 0 Å². The van der Waals surface area contributed by atoms with Gasteiger partial charge in [0.15, 0.2) is 0 Å². The topological polar surface area (TPSA) is 42.3 Å². The number of hydrogen-bond donors (Lipinski definition) is 0. The maximum absolute atomic E-state index is 12.9. The summed E-state index contributed by atoms with van der Waals surface area (Å²) < 4.78 is 1.49. The predicted octanol–water partition coefficient (Wildman–Crippen LogP) is 3.03. The van der Waals surface area contributed by atoms with Crippen LogP contribution in [-0.4, -0.2) is 35.4 Å². The van der Waals surface area contributed by atoms with E-state index in [1.165, 1.54) is 9.47 Å². The van der Waals surface area contributed by atoms with E-state index in [4.69, 9.17) is 0 Å². The van der Waals surface area contributed by atoms with Crippen LogP contribution >= 0.6 is 0 Å². The van der Waals surface area contributed by atoms with Crippen molar-refractivity contribution in [2.45, 2.75) is 0 Å². The fourth-order valence-electron chi connectivity index (χ4n) is 2.47. The smallest absolute Gasteiger partial charge is 0.270 e. The molecule has 1 heterocycles. The Morgan fingerprint density at radius 2 is 1.55 bits per heavy atom. The maximum atomic E-state index is 12.9. The van der Waals surface area contributed by atoms with Crippen molar-refractivity contribution in [1.29, 1.82) is 0 Å². The molecule has 22 heavy (non-hydrogen) atoms. The van der Waals surface area contributed by atoms with Crippen molar-refractivity contribution in [1.82, 2.24) is 9.47 Å². The predicted molar refractivity (Wildman–Crippen MR) is 86.1 cm³/mol. The molecule has 0 bridgehead atoms. The molecule has 1 aromatic heterocycles. The van der Waals surface area contributed by atoms with Gasteiger partial charge in [0.25, 0.3) is 11.8 Å². The molecule has 3 rings (SSSR count). The Morgan fingerprint density at radius 3 is 2.23 bits per heavy atom. The summed E-state index contributed by atoms with van der Waals surface area (Å²) in [5.74, 6) is -0.396. The second kappa shape index (κ2) is 5.48. The minimum Gasteiger partial charge on any atom is -0.343 e. The summed E-state index contributed by atoms with van der Waals surface area (Å²) in [6.45, 7) is 0. The molecule has 0 spiro atoms. The van der Waals surface area contributed by atoms with E-state index in [1.54, 1.807) is 32.3 Å². The van der Waals surface area contributed by atoms with Crippen molar-refractivity contribution in [3.63, 3.8) is 0 Å². The van der Waals surface area contributed by atoms with Crippen LogP contribution in [-0.2, 0) is 0 Å². The molecule has 1 amide bonds. The van der Waals surface area contributed by atoms with Gasteiger partial charge in [0.1, 0.15) is 5.69 Å². The number of hydrogen-bond acceptors (Lipinski definition) is 2. The number of fused-ring (bicyclic) bond motifs is 1. The van der Waals surface area contributed by atoms with Crippen molar-refractivity contribution in [2.75, 3.05) is 14.1 Å². The molecule has 0 N–H and O–H groups in total. The normalized spacial score (nSPS) is 10.6. The zero-order valence-corrected chi connectivity index (χ0v) is 12.5. The molecule has 0 aliphatic rings. The second-order valence-electron chi connectivity index (χ2n) is 5.29. The van der Waals surface area contributed by atoms with Gasteiger partial charge in [0, 0.05) is 25.0 Å². The van der Waals surface area contributed by atoms with Crippen LogP contribution in [0.1, 0.15) is 20.8 Å². The van der Waals surface area contributed by atoms with Gasteiger partial charge in [0.2, 0.25) is 0 Å². The van der Waals surface area contributed by atoms with Gasteiger partial charge in [-0.05, 0) is 24.3 Å². The summed E-state index contributed by atoms with van der Waals surface area (Å²) in [4.78, 5) is 26.8. The largest absolute Gasteiger partial charge is 0.343 e. The summed E-state index contributed by atoms with van der Waals surface area (Å²) in [6.07, 6.45) is 0. The second-order valence-corrected chi connectivity index (χ2v) is 5.29. The van der Waals surface area contributed by atoms with Crippen molar-refractivity contribution in [3.8, 4) is 0 Å². The van der Waals surface area contributed by atoms with E-state index in [0.717, 1.165) is 10.9 Å². The first-order chi connectivity index (χ1) is 10.6. The van der Waals surface area contributed by atoms with Crippen molar-refractivity contribution < 1.29 is 9.59 Å². The number of carbonyl (C=O) groups excluding carboxylic acids is 2. The molecule has 0 radical (unpaired) electrons. The molecular weight excluding hydrogens is 276 g/mol. The van der Waals surface area contributed by atoms with Gasteiger partial charge in [-0.2, -0.15) is 0 Å². The van der Waals surface area contributed by atoms with E-state index < -0.39 is 0 Å². The summed E-state index contributed by atoms with van der Waals surface area (Å²) in [5, 5.41) is 0.872. The third-order valence-electron chi connectivity index (χ3n) is 3.56. The number of benzene rings is 2. The number of rotatable bonds is 2. The minimum atomic E-state index is -0.202. The van der Waals surface area contributed by atoms with E-state index in [-0.39, 0.29) is 11.8 Å². The highest BCUT2D eigenvalue weighted by Crippen LogP contribution is 2.22. The summed E-state index contributed by atoms with van der Waals surface area (Å²) in [7, 11) is 3.36. The average molecular weight is 292 g/mol. The van der Waals surface area contributed by atoms with Crippen LogP contribution in [0.15, 0.2) is 60.7 Å². The highest BCUT2D eigenvalue weighted by molar-refractivity contribution is 6.09.